The second-order valence-corrected chi connectivity index (χ2v) is 0.707. The SMILES string of the molecule is CCC.CN.CN.PP.[W].[W].[W]. The van der Waals surface area contributed by atoms with Crippen LogP contribution in [0.3, 0.4) is 0 Å². The smallest absolute Gasteiger partial charge is 0 e. The van der Waals surface area contributed by atoms with Crippen molar-refractivity contribution in [3.05, 3.63) is 0 Å². The summed E-state index contributed by atoms with van der Waals surface area (Å²) in [5.41, 5.74) is 9.00. The molecule has 0 spiro atoms. The van der Waals surface area contributed by atoms with Crippen molar-refractivity contribution in [2.75, 3.05) is 14.1 Å². The van der Waals surface area contributed by atoms with E-state index in [2.05, 4.69) is 43.2 Å². The Morgan fingerprint density at radius 2 is 0.750 bits per heavy atom. The van der Waals surface area contributed by atoms with E-state index in [1.807, 2.05) is 0 Å². The monoisotopic (exact) mass is 724 g/mol. The summed E-state index contributed by atoms with van der Waals surface area (Å²) in [5.74, 6) is 0. The molecule has 0 aromatic rings. The first-order valence-electron chi connectivity index (χ1n) is 2.90. The van der Waals surface area contributed by atoms with Crippen molar-refractivity contribution in [3.8, 4) is 0 Å². The third-order valence-electron chi connectivity index (χ3n) is 0. The fraction of sp³-hybridized carbons (Fsp3) is 1.00. The van der Waals surface area contributed by atoms with Crippen LogP contribution >= 0.6 is 17.9 Å². The molecule has 2 unspecified atom stereocenters. The molecule has 0 aliphatic heterocycles. The Balaban J connectivity index is -0.00000000522. The molecule has 0 fully saturated rings. The minimum Gasteiger partial charge on any atom is -0.333 e. The van der Waals surface area contributed by atoms with Crippen molar-refractivity contribution >= 4 is 17.9 Å². The third-order valence-corrected chi connectivity index (χ3v) is 0. The predicted octanol–water partition coefficient (Wildman–Crippen LogP) is 1.21. The second-order valence-electron chi connectivity index (χ2n) is 0.707. The van der Waals surface area contributed by atoms with Crippen molar-refractivity contribution in [1.82, 2.24) is 0 Å². The van der Waals surface area contributed by atoms with E-state index < -0.39 is 0 Å². The van der Waals surface area contributed by atoms with Gasteiger partial charge in [0.25, 0.3) is 0 Å². The molecule has 0 saturated heterocycles. The Morgan fingerprint density at radius 1 is 0.750 bits per heavy atom. The molecule has 0 aliphatic rings. The van der Waals surface area contributed by atoms with E-state index in [-0.39, 0.29) is 63.2 Å². The van der Waals surface area contributed by atoms with Crippen LogP contribution in [0.5, 0.6) is 0 Å². The van der Waals surface area contributed by atoms with Gasteiger partial charge in [-0.25, -0.2) is 0 Å². The molecule has 4 N–H and O–H groups in total. The van der Waals surface area contributed by atoms with E-state index >= 15 is 0 Å². The third kappa shape index (κ3) is 223. The first-order valence-corrected chi connectivity index (χ1v) is 5.57. The van der Waals surface area contributed by atoms with Crippen LogP contribution in [0.15, 0.2) is 0 Å². The fourth-order valence-electron chi connectivity index (χ4n) is 0. The molecule has 80 valence electrons. The Morgan fingerprint density at radius 3 is 0.750 bits per heavy atom. The molecular formula is C5H22N2P2W3. The van der Waals surface area contributed by atoms with E-state index in [9.17, 15) is 0 Å². The summed E-state index contributed by atoms with van der Waals surface area (Å²) < 4.78 is 0. The zero-order valence-electron chi connectivity index (χ0n) is 8.24. The molecule has 0 heterocycles. The van der Waals surface area contributed by atoms with Crippen LogP contribution < -0.4 is 11.5 Å². The van der Waals surface area contributed by atoms with Crippen molar-refractivity contribution in [3.63, 3.8) is 0 Å². The Kier molecular flexibility index (Phi) is 595. The van der Waals surface area contributed by atoms with Crippen molar-refractivity contribution in [2.45, 2.75) is 20.3 Å². The molecule has 7 heteroatoms. The summed E-state index contributed by atoms with van der Waals surface area (Å²) >= 11 is 0. The van der Waals surface area contributed by atoms with Gasteiger partial charge in [-0.05, 0) is 14.1 Å². The van der Waals surface area contributed by atoms with Crippen LogP contribution in [0.1, 0.15) is 20.3 Å². The van der Waals surface area contributed by atoms with Gasteiger partial charge in [0.2, 0.25) is 0 Å². The maximum atomic E-state index is 4.50. The Labute approximate surface area is 126 Å². The van der Waals surface area contributed by atoms with Gasteiger partial charge in [0.15, 0.2) is 0 Å². The first-order chi connectivity index (χ1) is 4.41. The zero-order chi connectivity index (χ0) is 8.71. The summed E-state index contributed by atoms with van der Waals surface area (Å²) in [6.45, 7) is 4.25. The van der Waals surface area contributed by atoms with Gasteiger partial charge < -0.3 is 11.5 Å². The molecule has 0 saturated carbocycles. The van der Waals surface area contributed by atoms with Gasteiger partial charge in [-0.1, -0.05) is 20.3 Å². The maximum absolute atomic E-state index is 4.50. The van der Waals surface area contributed by atoms with Crippen LogP contribution in [0, 0.1) is 0 Å². The van der Waals surface area contributed by atoms with E-state index in [0.29, 0.717) is 0 Å². The number of nitrogens with two attached hydrogens (primary N) is 2. The minimum absolute atomic E-state index is 0. The molecule has 0 aromatic carbocycles. The van der Waals surface area contributed by atoms with Gasteiger partial charge in [-0.3, -0.25) is 0 Å². The molecule has 2 atom stereocenters. The molecule has 2 nitrogen and oxygen atoms in total. The average Bonchev–Trinajstić information content (AvgIpc) is 2.01. The predicted molar refractivity (Wildman–Crippen MR) is 55.6 cm³/mol. The average molecular weight is 724 g/mol. The first kappa shape index (κ1) is 46.2. The molecule has 0 aromatic heterocycles. The van der Waals surface area contributed by atoms with Gasteiger partial charge >= 0.3 is 0 Å². The summed E-state index contributed by atoms with van der Waals surface area (Å²) in [6.07, 6.45) is 1.25. The van der Waals surface area contributed by atoms with E-state index in [1.165, 1.54) is 20.5 Å². The van der Waals surface area contributed by atoms with Crippen molar-refractivity contribution < 1.29 is 63.2 Å². The van der Waals surface area contributed by atoms with Gasteiger partial charge in [-0.2, -0.15) is 0 Å². The second kappa shape index (κ2) is 155. The molecule has 0 amide bonds. The Hall–Kier alpha value is 2.84. The molecule has 0 bridgehead atoms. The largest absolute Gasteiger partial charge is 0.333 e. The Bertz CT molecular complexity index is 22.7. The fourth-order valence-corrected chi connectivity index (χ4v) is 0. The summed E-state index contributed by atoms with van der Waals surface area (Å²) in [4.78, 5) is 0. The standard InChI is InChI=1S/C3H8.2CH5N.H4P2.3W/c1-3-2;3*1-2;;;/h3H2,1-2H3;2*2H2,1H3;1-2H2;;;. The van der Waals surface area contributed by atoms with Gasteiger partial charge in [-0.15, -0.1) is 17.9 Å². The van der Waals surface area contributed by atoms with Crippen LogP contribution in [0.2, 0.25) is 0 Å². The van der Waals surface area contributed by atoms with Crippen LogP contribution in [0.25, 0.3) is 0 Å². The summed E-state index contributed by atoms with van der Waals surface area (Å²) in [7, 11) is 7.67. The zero-order valence-corrected chi connectivity index (χ0v) is 19.4. The van der Waals surface area contributed by atoms with Crippen LogP contribution in [-0.2, 0) is 63.2 Å². The maximum Gasteiger partial charge on any atom is 0 e. The van der Waals surface area contributed by atoms with E-state index in [0.717, 1.165) is 0 Å². The topological polar surface area (TPSA) is 52.0 Å². The van der Waals surface area contributed by atoms with Crippen molar-refractivity contribution in [1.29, 1.82) is 0 Å². The molecule has 0 rings (SSSR count). The normalized spacial score (nSPS) is 3.00. The van der Waals surface area contributed by atoms with Crippen LogP contribution in [0.4, 0.5) is 0 Å². The van der Waals surface area contributed by atoms with E-state index in [4.69, 9.17) is 0 Å². The summed E-state index contributed by atoms with van der Waals surface area (Å²) in [6, 6.07) is 0. The summed E-state index contributed by atoms with van der Waals surface area (Å²) in [5, 5.41) is 0. The number of rotatable bonds is 0. The number of hydrogen-bond donors (Lipinski definition) is 2. The molecular weight excluding hydrogens is 702 g/mol. The number of hydrogen-bond acceptors (Lipinski definition) is 2. The van der Waals surface area contributed by atoms with Crippen LogP contribution in [-0.4, -0.2) is 14.1 Å². The van der Waals surface area contributed by atoms with Crippen molar-refractivity contribution in [2.24, 2.45) is 11.5 Å². The minimum atomic E-state index is 0. The molecule has 0 radical (unpaired) electrons. The van der Waals surface area contributed by atoms with Gasteiger partial charge in [0, 0.05) is 63.2 Å². The molecule has 12 heavy (non-hydrogen) atoms. The van der Waals surface area contributed by atoms with Gasteiger partial charge in [0.05, 0.1) is 0 Å². The quantitative estimate of drug-likeness (QED) is 0.370. The van der Waals surface area contributed by atoms with E-state index in [1.54, 1.807) is 0 Å². The molecule has 0 aliphatic carbocycles. The van der Waals surface area contributed by atoms with Gasteiger partial charge in [0.1, 0.15) is 0 Å².